The lowest BCUT2D eigenvalue weighted by Crippen LogP contribution is -2.05. The Kier molecular flexibility index (Phi) is 6.64. The zero-order chi connectivity index (χ0) is 18.2. The predicted molar refractivity (Wildman–Crippen MR) is 110 cm³/mol. The normalized spacial score (nSPS) is 11.2. The third kappa shape index (κ3) is 4.63. The lowest BCUT2D eigenvalue weighted by Gasteiger charge is -2.09. The Morgan fingerprint density at radius 2 is 1.85 bits per heavy atom. The van der Waals surface area contributed by atoms with Crippen molar-refractivity contribution in [2.75, 3.05) is 11.9 Å². The summed E-state index contributed by atoms with van der Waals surface area (Å²) in [6.45, 7) is 5.34. The maximum absolute atomic E-state index is 4.85. The maximum Gasteiger partial charge on any atom is 0.139 e. The summed E-state index contributed by atoms with van der Waals surface area (Å²) < 4.78 is 2.15. The maximum atomic E-state index is 4.85. The summed E-state index contributed by atoms with van der Waals surface area (Å²) in [5.41, 5.74) is 4.23. The van der Waals surface area contributed by atoms with Gasteiger partial charge in [0.2, 0.25) is 0 Å². The molecule has 4 nitrogen and oxygen atoms in total. The Bertz CT molecular complexity index is 808. The van der Waals surface area contributed by atoms with E-state index < -0.39 is 0 Å². The van der Waals surface area contributed by atoms with Gasteiger partial charge in [-0.25, -0.2) is 4.98 Å². The molecule has 0 saturated carbocycles. The Labute approximate surface area is 156 Å². The minimum absolute atomic E-state index is 0.975. The average molecular weight is 351 g/mol. The van der Waals surface area contributed by atoms with E-state index in [-0.39, 0.29) is 0 Å². The number of unbranched alkanes of at least 4 members (excludes halogenated alkanes) is 6. The molecule has 3 heterocycles. The molecular weight excluding hydrogens is 320 g/mol. The first-order valence-electron chi connectivity index (χ1n) is 9.92. The molecule has 0 aliphatic heterocycles. The monoisotopic (exact) mass is 350 g/mol. The highest BCUT2D eigenvalue weighted by molar-refractivity contribution is 5.76. The van der Waals surface area contributed by atoms with Crippen LogP contribution in [-0.2, 0) is 0 Å². The van der Waals surface area contributed by atoms with Gasteiger partial charge in [0.15, 0.2) is 0 Å². The molecule has 0 aliphatic carbocycles. The SMILES string of the molecule is CCCCCCCCCNc1c(-c2cccnc2)nc2cc(C)ccn12. The molecule has 0 bridgehead atoms. The highest BCUT2D eigenvalue weighted by Gasteiger charge is 2.13. The van der Waals surface area contributed by atoms with Crippen LogP contribution in [-0.4, -0.2) is 20.9 Å². The van der Waals surface area contributed by atoms with Gasteiger partial charge in [-0.05, 0) is 43.2 Å². The van der Waals surface area contributed by atoms with Crippen LogP contribution in [0.4, 0.5) is 5.82 Å². The van der Waals surface area contributed by atoms with Gasteiger partial charge in [0, 0.05) is 30.7 Å². The number of hydrogen-bond donors (Lipinski definition) is 1. The molecule has 1 N–H and O–H groups in total. The fourth-order valence-corrected chi connectivity index (χ4v) is 3.31. The molecule has 0 unspecified atom stereocenters. The van der Waals surface area contributed by atoms with Gasteiger partial charge in [0.1, 0.15) is 17.2 Å². The van der Waals surface area contributed by atoms with Gasteiger partial charge in [0.25, 0.3) is 0 Å². The Hall–Kier alpha value is -2.36. The summed E-state index contributed by atoms with van der Waals surface area (Å²) in [4.78, 5) is 9.11. The topological polar surface area (TPSA) is 42.2 Å². The van der Waals surface area contributed by atoms with E-state index in [2.05, 4.69) is 52.9 Å². The summed E-state index contributed by atoms with van der Waals surface area (Å²) in [5.74, 6) is 1.07. The van der Waals surface area contributed by atoms with Gasteiger partial charge in [-0.3, -0.25) is 9.38 Å². The zero-order valence-corrected chi connectivity index (χ0v) is 16.0. The molecule has 0 radical (unpaired) electrons. The molecule has 4 heteroatoms. The number of aromatic nitrogens is 3. The smallest absolute Gasteiger partial charge is 0.139 e. The minimum atomic E-state index is 0.975. The standard InChI is InChI=1S/C22H30N4/c1-3-4-5-6-7-8-9-14-24-22-21(19-11-10-13-23-17-19)25-20-16-18(2)12-15-26(20)22/h10-13,15-17,24H,3-9,14H2,1-2H3. The number of imidazole rings is 1. The third-order valence-corrected chi connectivity index (χ3v) is 4.79. The van der Waals surface area contributed by atoms with Gasteiger partial charge >= 0.3 is 0 Å². The van der Waals surface area contributed by atoms with E-state index in [0.717, 1.165) is 29.3 Å². The lowest BCUT2D eigenvalue weighted by molar-refractivity contribution is 0.596. The molecule has 0 atom stereocenters. The molecule has 0 aromatic carbocycles. The van der Waals surface area contributed by atoms with Crippen molar-refractivity contribution in [2.24, 2.45) is 0 Å². The van der Waals surface area contributed by atoms with Crippen molar-refractivity contribution in [3.05, 3.63) is 48.4 Å². The van der Waals surface area contributed by atoms with Gasteiger partial charge < -0.3 is 5.32 Å². The van der Waals surface area contributed by atoms with E-state index in [1.54, 1.807) is 6.20 Å². The van der Waals surface area contributed by atoms with Gasteiger partial charge in [-0.2, -0.15) is 0 Å². The van der Waals surface area contributed by atoms with Gasteiger partial charge in [-0.15, -0.1) is 0 Å². The second kappa shape index (κ2) is 9.37. The quantitative estimate of drug-likeness (QED) is 0.465. The van der Waals surface area contributed by atoms with Crippen LogP contribution in [0.1, 0.15) is 57.4 Å². The zero-order valence-electron chi connectivity index (χ0n) is 16.0. The van der Waals surface area contributed by atoms with E-state index in [1.165, 1.54) is 50.5 Å². The van der Waals surface area contributed by atoms with E-state index in [4.69, 9.17) is 4.98 Å². The average Bonchev–Trinajstić information content (AvgIpc) is 3.02. The summed E-state index contributed by atoms with van der Waals surface area (Å²) in [6, 6.07) is 8.28. The molecule has 0 amide bonds. The number of aryl methyl sites for hydroxylation is 1. The van der Waals surface area contributed by atoms with Crippen LogP contribution in [0.25, 0.3) is 16.9 Å². The number of fused-ring (bicyclic) bond motifs is 1. The number of hydrogen-bond acceptors (Lipinski definition) is 3. The van der Waals surface area contributed by atoms with Crippen molar-refractivity contribution in [1.82, 2.24) is 14.4 Å². The number of nitrogens with one attached hydrogen (secondary N) is 1. The summed E-state index contributed by atoms with van der Waals surface area (Å²) in [6.07, 6.45) is 15.0. The van der Waals surface area contributed by atoms with Gasteiger partial charge in [0.05, 0.1) is 0 Å². The van der Waals surface area contributed by atoms with Crippen molar-refractivity contribution in [3.8, 4) is 11.3 Å². The van der Waals surface area contributed by atoms with Crippen molar-refractivity contribution in [1.29, 1.82) is 0 Å². The molecule has 0 aliphatic rings. The summed E-state index contributed by atoms with van der Waals surface area (Å²) in [7, 11) is 0. The first-order chi connectivity index (χ1) is 12.8. The minimum Gasteiger partial charge on any atom is -0.369 e. The first-order valence-corrected chi connectivity index (χ1v) is 9.92. The Balaban J connectivity index is 1.68. The lowest BCUT2D eigenvalue weighted by atomic mass is 10.1. The number of nitrogens with zero attached hydrogens (tertiary/aromatic N) is 3. The number of anilines is 1. The van der Waals surface area contributed by atoms with E-state index in [0.29, 0.717) is 0 Å². The summed E-state index contributed by atoms with van der Waals surface area (Å²) in [5, 5.41) is 3.63. The molecule has 0 spiro atoms. The molecule has 3 aromatic heterocycles. The largest absolute Gasteiger partial charge is 0.369 e. The van der Waals surface area contributed by atoms with E-state index >= 15 is 0 Å². The molecule has 3 rings (SSSR count). The van der Waals surface area contributed by atoms with Crippen molar-refractivity contribution in [2.45, 2.75) is 58.8 Å². The second-order valence-electron chi connectivity index (χ2n) is 7.03. The van der Waals surface area contributed by atoms with Gasteiger partial charge in [-0.1, -0.05) is 45.4 Å². The number of rotatable bonds is 10. The van der Waals surface area contributed by atoms with Crippen molar-refractivity contribution in [3.63, 3.8) is 0 Å². The van der Waals surface area contributed by atoms with Crippen LogP contribution >= 0.6 is 0 Å². The van der Waals surface area contributed by atoms with E-state index in [1.807, 2.05) is 12.3 Å². The van der Waals surface area contributed by atoms with Crippen LogP contribution in [0.2, 0.25) is 0 Å². The Morgan fingerprint density at radius 3 is 2.62 bits per heavy atom. The Morgan fingerprint density at radius 1 is 1.04 bits per heavy atom. The third-order valence-electron chi connectivity index (χ3n) is 4.79. The molecule has 138 valence electrons. The molecule has 0 saturated heterocycles. The fourth-order valence-electron chi connectivity index (χ4n) is 3.31. The highest BCUT2D eigenvalue weighted by Crippen LogP contribution is 2.28. The van der Waals surface area contributed by atoms with Crippen LogP contribution in [0.3, 0.4) is 0 Å². The van der Waals surface area contributed by atoms with E-state index in [9.17, 15) is 0 Å². The second-order valence-corrected chi connectivity index (χ2v) is 7.03. The van der Waals surface area contributed by atoms with Crippen LogP contribution < -0.4 is 5.32 Å². The number of pyridine rings is 2. The van der Waals surface area contributed by atoms with Crippen LogP contribution in [0.15, 0.2) is 42.9 Å². The predicted octanol–water partition coefficient (Wildman–Crippen LogP) is 5.87. The molecule has 26 heavy (non-hydrogen) atoms. The molecular formula is C22H30N4. The summed E-state index contributed by atoms with van der Waals surface area (Å²) >= 11 is 0. The molecule has 0 fully saturated rings. The van der Waals surface area contributed by atoms with Crippen molar-refractivity contribution >= 4 is 11.5 Å². The van der Waals surface area contributed by atoms with Crippen LogP contribution in [0.5, 0.6) is 0 Å². The molecule has 3 aromatic rings. The van der Waals surface area contributed by atoms with Crippen LogP contribution in [0, 0.1) is 6.92 Å². The van der Waals surface area contributed by atoms with Crippen molar-refractivity contribution < 1.29 is 0 Å². The fraction of sp³-hybridized carbons (Fsp3) is 0.455. The highest BCUT2D eigenvalue weighted by atomic mass is 15.1. The first kappa shape index (κ1) is 18.4.